The molecule has 1 amide bonds. The molecule has 0 heterocycles. The minimum atomic E-state index is -3.68. The summed E-state index contributed by atoms with van der Waals surface area (Å²) < 4.78 is 41.3. The second kappa shape index (κ2) is 10.2. The van der Waals surface area contributed by atoms with Crippen molar-refractivity contribution < 1.29 is 32.2 Å². The Hall–Kier alpha value is -2.82. The minimum Gasteiger partial charge on any atom is -0.493 e. The van der Waals surface area contributed by atoms with Gasteiger partial charge in [0, 0.05) is 19.8 Å². The Morgan fingerprint density at radius 1 is 1.09 bits per heavy atom. The predicted molar refractivity (Wildman–Crippen MR) is 120 cm³/mol. The number of anilines is 1. The molecule has 0 bridgehead atoms. The van der Waals surface area contributed by atoms with Gasteiger partial charge in [0.1, 0.15) is 0 Å². The smallest absolute Gasteiger partial charge is 0.339 e. The molecule has 32 heavy (non-hydrogen) atoms. The van der Waals surface area contributed by atoms with Crippen molar-refractivity contribution in [3.8, 4) is 11.5 Å². The molecule has 2 aromatic carbocycles. The Morgan fingerprint density at radius 2 is 1.75 bits per heavy atom. The van der Waals surface area contributed by atoms with Crippen LogP contribution in [-0.2, 0) is 19.6 Å². The summed E-state index contributed by atoms with van der Waals surface area (Å²) in [5.74, 6) is -0.929. The number of methoxy groups -OCH3 is 2. The van der Waals surface area contributed by atoms with Gasteiger partial charge >= 0.3 is 5.97 Å². The molecular formula is C21H25ClN2O7S. The summed E-state index contributed by atoms with van der Waals surface area (Å²) in [7, 11) is 1.95. The number of hydrogen-bond donors (Lipinski definition) is 1. The van der Waals surface area contributed by atoms with Crippen molar-refractivity contribution in [1.82, 2.24) is 4.31 Å². The number of carbonyl (C=O) groups is 2. The van der Waals surface area contributed by atoms with E-state index in [1.165, 1.54) is 59.5 Å². The number of nitrogens with one attached hydrogen (secondary N) is 1. The van der Waals surface area contributed by atoms with Crippen molar-refractivity contribution in [2.45, 2.75) is 24.8 Å². The van der Waals surface area contributed by atoms with Crippen LogP contribution in [0.4, 0.5) is 5.69 Å². The summed E-state index contributed by atoms with van der Waals surface area (Å²) in [5.41, 5.74) is 0.999. The first-order chi connectivity index (χ1) is 14.9. The first kappa shape index (κ1) is 25.4. The Balaban J connectivity index is 2.19. The zero-order valence-corrected chi connectivity index (χ0v) is 20.1. The summed E-state index contributed by atoms with van der Waals surface area (Å²) in [6.07, 6.45) is -1.18. The summed E-state index contributed by atoms with van der Waals surface area (Å²) >= 11 is 6.11. The predicted octanol–water partition coefficient (Wildman–Crippen LogP) is 3.10. The molecule has 0 spiro atoms. The van der Waals surface area contributed by atoms with Crippen LogP contribution in [0, 0.1) is 6.92 Å². The Labute approximate surface area is 192 Å². The van der Waals surface area contributed by atoms with Gasteiger partial charge in [0.05, 0.1) is 29.7 Å². The van der Waals surface area contributed by atoms with Crippen molar-refractivity contribution in [1.29, 1.82) is 0 Å². The molecule has 0 aliphatic rings. The maximum Gasteiger partial charge on any atom is 0.339 e. The number of sulfonamides is 1. The van der Waals surface area contributed by atoms with E-state index in [9.17, 15) is 18.0 Å². The fourth-order valence-electron chi connectivity index (χ4n) is 2.66. The Bertz CT molecular complexity index is 1130. The fraction of sp³-hybridized carbons (Fsp3) is 0.333. The first-order valence-electron chi connectivity index (χ1n) is 9.39. The summed E-state index contributed by atoms with van der Waals surface area (Å²) in [4.78, 5) is 25.1. The SMILES string of the molecule is COc1cc(C(=O)OC(C)C(=O)Nc2cc(S(=O)(=O)N(C)C)ccc2C)cc(Cl)c1OC. The number of hydrogen-bond acceptors (Lipinski definition) is 7. The van der Waals surface area contributed by atoms with Gasteiger partial charge in [-0.1, -0.05) is 17.7 Å². The maximum absolute atomic E-state index is 12.6. The van der Waals surface area contributed by atoms with Crippen LogP contribution >= 0.6 is 11.6 Å². The van der Waals surface area contributed by atoms with Gasteiger partial charge in [-0.05, 0) is 43.7 Å². The number of benzene rings is 2. The molecule has 1 N–H and O–H groups in total. The highest BCUT2D eigenvalue weighted by molar-refractivity contribution is 7.89. The lowest BCUT2D eigenvalue weighted by atomic mass is 10.2. The van der Waals surface area contributed by atoms with Crippen LogP contribution in [0.5, 0.6) is 11.5 Å². The summed E-state index contributed by atoms with van der Waals surface area (Å²) in [5, 5.41) is 2.74. The van der Waals surface area contributed by atoms with E-state index in [0.717, 1.165) is 4.31 Å². The standard InChI is InChI=1S/C21H25ClN2O7S/c1-12-7-8-15(32(27,28)24(3)4)11-17(12)23-20(25)13(2)31-21(26)14-9-16(22)19(30-6)18(10-14)29-5/h7-11,13H,1-6H3,(H,23,25). The summed E-state index contributed by atoms with van der Waals surface area (Å²) in [6.45, 7) is 3.11. The molecule has 2 rings (SSSR count). The third-order valence-electron chi connectivity index (χ3n) is 4.57. The van der Waals surface area contributed by atoms with Crippen LogP contribution in [0.15, 0.2) is 35.2 Å². The number of aryl methyl sites for hydroxylation is 1. The lowest BCUT2D eigenvalue weighted by Gasteiger charge is -2.17. The van der Waals surface area contributed by atoms with Gasteiger partial charge in [0.25, 0.3) is 5.91 Å². The molecule has 0 aliphatic heterocycles. The van der Waals surface area contributed by atoms with Gasteiger partial charge in [0.2, 0.25) is 10.0 Å². The number of amides is 1. The third kappa shape index (κ3) is 5.50. The molecule has 9 nitrogen and oxygen atoms in total. The monoisotopic (exact) mass is 484 g/mol. The second-order valence-corrected chi connectivity index (χ2v) is 9.55. The van der Waals surface area contributed by atoms with E-state index >= 15 is 0 Å². The number of halogens is 1. The number of rotatable bonds is 8. The Kier molecular flexibility index (Phi) is 8.11. The highest BCUT2D eigenvalue weighted by Crippen LogP contribution is 2.36. The number of nitrogens with zero attached hydrogens (tertiary/aromatic N) is 1. The fourth-order valence-corrected chi connectivity index (χ4v) is 3.88. The maximum atomic E-state index is 12.6. The van der Waals surface area contributed by atoms with E-state index in [1.54, 1.807) is 13.0 Å². The first-order valence-corrected chi connectivity index (χ1v) is 11.2. The van der Waals surface area contributed by atoms with E-state index in [1.807, 2.05) is 0 Å². The number of esters is 1. The lowest BCUT2D eigenvalue weighted by Crippen LogP contribution is -2.30. The van der Waals surface area contributed by atoms with Gasteiger partial charge in [-0.25, -0.2) is 17.5 Å². The van der Waals surface area contributed by atoms with E-state index in [-0.39, 0.29) is 32.7 Å². The minimum absolute atomic E-state index is 0.0213. The van der Waals surface area contributed by atoms with Crippen molar-refractivity contribution in [2.75, 3.05) is 33.6 Å². The molecule has 174 valence electrons. The molecule has 0 fully saturated rings. The summed E-state index contributed by atoms with van der Waals surface area (Å²) in [6, 6.07) is 7.11. The van der Waals surface area contributed by atoms with E-state index in [4.69, 9.17) is 25.8 Å². The quantitative estimate of drug-likeness (QED) is 0.573. The normalized spacial score (nSPS) is 12.2. The lowest BCUT2D eigenvalue weighted by molar-refractivity contribution is -0.123. The van der Waals surface area contributed by atoms with Gasteiger partial charge < -0.3 is 19.5 Å². The second-order valence-electron chi connectivity index (χ2n) is 6.99. The molecule has 11 heteroatoms. The molecule has 1 atom stereocenters. The van der Waals surface area contributed by atoms with Gasteiger partial charge in [-0.2, -0.15) is 0 Å². The molecule has 2 aromatic rings. The van der Waals surface area contributed by atoms with Crippen molar-refractivity contribution >= 4 is 39.2 Å². The van der Waals surface area contributed by atoms with Crippen LogP contribution in [0.3, 0.4) is 0 Å². The third-order valence-corrected chi connectivity index (χ3v) is 6.66. The van der Waals surface area contributed by atoms with E-state index < -0.39 is 28.0 Å². The van der Waals surface area contributed by atoms with Crippen molar-refractivity contribution in [2.24, 2.45) is 0 Å². The molecular weight excluding hydrogens is 460 g/mol. The van der Waals surface area contributed by atoms with Crippen LogP contribution < -0.4 is 14.8 Å². The highest BCUT2D eigenvalue weighted by atomic mass is 35.5. The molecule has 0 saturated heterocycles. The molecule has 0 saturated carbocycles. The van der Waals surface area contributed by atoms with Crippen LogP contribution in [0.25, 0.3) is 0 Å². The van der Waals surface area contributed by atoms with E-state index in [2.05, 4.69) is 5.32 Å². The van der Waals surface area contributed by atoms with Gasteiger partial charge in [-0.15, -0.1) is 0 Å². The topological polar surface area (TPSA) is 111 Å². The Morgan fingerprint density at radius 3 is 2.31 bits per heavy atom. The van der Waals surface area contributed by atoms with Crippen LogP contribution in [0.1, 0.15) is 22.8 Å². The van der Waals surface area contributed by atoms with Crippen molar-refractivity contribution in [3.63, 3.8) is 0 Å². The number of ether oxygens (including phenoxy) is 3. The number of carbonyl (C=O) groups excluding carboxylic acids is 2. The zero-order chi connectivity index (χ0) is 24.2. The van der Waals surface area contributed by atoms with E-state index in [0.29, 0.717) is 5.56 Å². The van der Waals surface area contributed by atoms with Gasteiger partial charge in [-0.3, -0.25) is 4.79 Å². The molecule has 0 aromatic heterocycles. The average Bonchev–Trinajstić information content (AvgIpc) is 2.73. The molecule has 0 radical (unpaired) electrons. The van der Waals surface area contributed by atoms with Crippen molar-refractivity contribution in [3.05, 3.63) is 46.5 Å². The molecule has 1 unspecified atom stereocenters. The highest BCUT2D eigenvalue weighted by Gasteiger charge is 2.23. The van der Waals surface area contributed by atoms with Crippen LogP contribution in [-0.4, -0.2) is 59.0 Å². The molecule has 0 aliphatic carbocycles. The largest absolute Gasteiger partial charge is 0.493 e. The average molecular weight is 485 g/mol. The van der Waals surface area contributed by atoms with Crippen LogP contribution in [0.2, 0.25) is 5.02 Å². The zero-order valence-electron chi connectivity index (χ0n) is 18.6. The van der Waals surface area contributed by atoms with Gasteiger partial charge in [0.15, 0.2) is 17.6 Å².